The van der Waals surface area contributed by atoms with E-state index in [1.807, 2.05) is 13.8 Å². The first-order valence-corrected chi connectivity index (χ1v) is 7.31. The zero-order valence-electron chi connectivity index (χ0n) is 11.5. The van der Waals surface area contributed by atoms with Crippen LogP contribution >= 0.6 is 11.8 Å². The van der Waals surface area contributed by atoms with Crippen molar-refractivity contribution in [2.45, 2.75) is 31.2 Å². The molecule has 1 N–H and O–H groups in total. The van der Waals surface area contributed by atoms with E-state index in [1.54, 1.807) is 19.1 Å². The number of hydrogen-bond acceptors (Lipinski definition) is 4. The van der Waals surface area contributed by atoms with Crippen molar-refractivity contribution in [3.8, 4) is 0 Å². The van der Waals surface area contributed by atoms with Gasteiger partial charge >= 0.3 is 5.97 Å². The number of benzene rings is 1. The number of nitrogens with one attached hydrogen (secondary N) is 1. The summed E-state index contributed by atoms with van der Waals surface area (Å²) in [5, 5.41) is 3.16. The fourth-order valence-electron chi connectivity index (χ4n) is 1.62. The number of likely N-dealkylation sites (N-methyl/N-ethyl adjacent to an activating group) is 1. The van der Waals surface area contributed by atoms with Crippen molar-refractivity contribution in [2.24, 2.45) is 0 Å². The molecule has 0 spiro atoms. The average Bonchev–Trinajstić information content (AvgIpc) is 2.39. The molecule has 0 fully saturated rings. The molecule has 1 aromatic rings. The van der Waals surface area contributed by atoms with Crippen LogP contribution in [-0.4, -0.2) is 30.4 Å². The van der Waals surface area contributed by atoms with Crippen LogP contribution in [0.15, 0.2) is 29.2 Å². The lowest BCUT2D eigenvalue weighted by Crippen LogP contribution is -2.52. The Labute approximate surface area is 117 Å². The van der Waals surface area contributed by atoms with Gasteiger partial charge in [-0.1, -0.05) is 6.92 Å². The number of halogens is 1. The van der Waals surface area contributed by atoms with E-state index >= 15 is 0 Å². The molecule has 1 aromatic carbocycles. The van der Waals surface area contributed by atoms with Crippen LogP contribution < -0.4 is 5.32 Å². The van der Waals surface area contributed by atoms with Gasteiger partial charge in [-0.25, -0.2) is 4.39 Å². The van der Waals surface area contributed by atoms with Gasteiger partial charge < -0.3 is 10.1 Å². The molecular formula is C14H20FNO2S. The minimum atomic E-state index is -0.732. The minimum absolute atomic E-state index is 0.258. The SMILES string of the molecule is CCNC(C)(CSc1ccc(F)cc1)C(=O)OCC. The van der Waals surface area contributed by atoms with Gasteiger partial charge in [0.2, 0.25) is 0 Å². The summed E-state index contributed by atoms with van der Waals surface area (Å²) in [6.45, 7) is 6.60. The van der Waals surface area contributed by atoms with Crippen LogP contribution in [-0.2, 0) is 9.53 Å². The summed E-state index contributed by atoms with van der Waals surface area (Å²) in [6.07, 6.45) is 0. The smallest absolute Gasteiger partial charge is 0.326 e. The number of rotatable bonds is 7. The molecule has 0 amide bonds. The van der Waals surface area contributed by atoms with Crippen LogP contribution in [0.25, 0.3) is 0 Å². The molecule has 5 heteroatoms. The summed E-state index contributed by atoms with van der Waals surface area (Å²) in [4.78, 5) is 12.9. The lowest BCUT2D eigenvalue weighted by Gasteiger charge is -2.27. The highest BCUT2D eigenvalue weighted by Gasteiger charge is 2.33. The number of carbonyl (C=O) groups is 1. The number of hydrogen-bond donors (Lipinski definition) is 1. The second kappa shape index (κ2) is 7.50. The van der Waals surface area contributed by atoms with Crippen LogP contribution in [0, 0.1) is 5.82 Å². The van der Waals surface area contributed by atoms with Gasteiger partial charge in [0.15, 0.2) is 0 Å². The van der Waals surface area contributed by atoms with Gasteiger partial charge in [-0.3, -0.25) is 4.79 Å². The van der Waals surface area contributed by atoms with Gasteiger partial charge in [0.05, 0.1) is 6.61 Å². The van der Waals surface area contributed by atoms with E-state index in [0.29, 0.717) is 18.9 Å². The van der Waals surface area contributed by atoms with Crippen molar-refractivity contribution < 1.29 is 13.9 Å². The van der Waals surface area contributed by atoms with E-state index in [4.69, 9.17) is 4.74 Å². The molecule has 0 aliphatic heterocycles. The van der Waals surface area contributed by atoms with Crippen molar-refractivity contribution in [1.29, 1.82) is 0 Å². The Balaban J connectivity index is 2.67. The fraction of sp³-hybridized carbons (Fsp3) is 0.500. The molecule has 1 rings (SSSR count). The van der Waals surface area contributed by atoms with Crippen LogP contribution in [0.4, 0.5) is 4.39 Å². The third-order valence-electron chi connectivity index (χ3n) is 2.63. The van der Waals surface area contributed by atoms with Crippen molar-refractivity contribution in [2.75, 3.05) is 18.9 Å². The van der Waals surface area contributed by atoms with Crippen LogP contribution in [0.3, 0.4) is 0 Å². The van der Waals surface area contributed by atoms with Gasteiger partial charge in [-0.15, -0.1) is 11.8 Å². The molecule has 0 bridgehead atoms. The summed E-state index contributed by atoms with van der Waals surface area (Å²) in [5.74, 6) is 0.0151. The first kappa shape index (κ1) is 16.0. The second-order valence-electron chi connectivity index (χ2n) is 4.33. The highest BCUT2D eigenvalue weighted by Crippen LogP contribution is 2.23. The minimum Gasteiger partial charge on any atom is -0.465 e. The highest BCUT2D eigenvalue weighted by molar-refractivity contribution is 7.99. The zero-order valence-corrected chi connectivity index (χ0v) is 12.3. The molecule has 0 radical (unpaired) electrons. The normalized spacial score (nSPS) is 13.9. The Morgan fingerprint density at radius 1 is 1.37 bits per heavy atom. The van der Waals surface area contributed by atoms with Crippen molar-refractivity contribution in [3.63, 3.8) is 0 Å². The maximum Gasteiger partial charge on any atom is 0.326 e. The van der Waals surface area contributed by atoms with E-state index in [2.05, 4.69) is 5.32 Å². The van der Waals surface area contributed by atoms with Gasteiger partial charge in [-0.05, 0) is 44.7 Å². The summed E-state index contributed by atoms with van der Waals surface area (Å²) in [7, 11) is 0. The summed E-state index contributed by atoms with van der Waals surface area (Å²) in [5.41, 5.74) is -0.732. The first-order chi connectivity index (χ1) is 9.01. The van der Waals surface area contributed by atoms with Crippen molar-refractivity contribution in [3.05, 3.63) is 30.1 Å². The van der Waals surface area contributed by atoms with Gasteiger partial charge in [0.25, 0.3) is 0 Å². The molecule has 1 atom stereocenters. The van der Waals surface area contributed by atoms with Gasteiger partial charge in [0.1, 0.15) is 11.4 Å². The molecular weight excluding hydrogens is 265 g/mol. The predicted octanol–water partition coefficient (Wildman–Crippen LogP) is 2.85. The summed E-state index contributed by atoms with van der Waals surface area (Å²) < 4.78 is 17.9. The highest BCUT2D eigenvalue weighted by atomic mass is 32.2. The summed E-state index contributed by atoms with van der Waals surface area (Å²) in [6, 6.07) is 6.24. The van der Waals surface area contributed by atoms with Crippen molar-refractivity contribution >= 4 is 17.7 Å². The molecule has 0 heterocycles. The monoisotopic (exact) mass is 285 g/mol. The lowest BCUT2D eigenvalue weighted by atomic mass is 10.1. The third-order valence-corrected chi connectivity index (χ3v) is 3.96. The molecule has 19 heavy (non-hydrogen) atoms. The van der Waals surface area contributed by atoms with Crippen LogP contribution in [0.1, 0.15) is 20.8 Å². The largest absolute Gasteiger partial charge is 0.465 e. The van der Waals surface area contributed by atoms with Crippen LogP contribution in [0.2, 0.25) is 0 Å². The third kappa shape index (κ3) is 4.84. The Hall–Kier alpha value is -1.07. The first-order valence-electron chi connectivity index (χ1n) is 6.32. The van der Waals surface area contributed by atoms with Crippen LogP contribution in [0.5, 0.6) is 0 Å². The van der Waals surface area contributed by atoms with E-state index in [1.165, 1.54) is 23.9 Å². The molecule has 0 aliphatic rings. The van der Waals surface area contributed by atoms with E-state index in [-0.39, 0.29) is 11.8 Å². The Kier molecular flexibility index (Phi) is 6.31. The number of thioether (sulfide) groups is 1. The average molecular weight is 285 g/mol. The van der Waals surface area contributed by atoms with E-state index in [0.717, 1.165) is 4.90 Å². The molecule has 0 aromatic heterocycles. The van der Waals surface area contributed by atoms with Crippen molar-refractivity contribution in [1.82, 2.24) is 5.32 Å². The molecule has 1 unspecified atom stereocenters. The second-order valence-corrected chi connectivity index (χ2v) is 5.37. The maximum atomic E-state index is 12.8. The molecule has 0 aliphatic carbocycles. The molecule has 106 valence electrons. The predicted molar refractivity (Wildman–Crippen MR) is 75.8 cm³/mol. The lowest BCUT2D eigenvalue weighted by molar-refractivity contribution is -0.149. The Bertz CT molecular complexity index is 410. The van der Waals surface area contributed by atoms with Gasteiger partial charge in [-0.2, -0.15) is 0 Å². The molecule has 3 nitrogen and oxygen atoms in total. The van der Waals surface area contributed by atoms with E-state index in [9.17, 15) is 9.18 Å². The van der Waals surface area contributed by atoms with Gasteiger partial charge in [0, 0.05) is 10.6 Å². The fourth-order valence-corrected chi connectivity index (χ4v) is 2.62. The standard InChI is InChI=1S/C14H20FNO2S/c1-4-16-14(3,13(17)18-5-2)10-19-12-8-6-11(15)7-9-12/h6-9,16H,4-5,10H2,1-3H3. The number of carbonyl (C=O) groups excluding carboxylic acids is 1. The van der Waals surface area contributed by atoms with E-state index < -0.39 is 5.54 Å². The molecule has 0 saturated carbocycles. The Morgan fingerprint density at radius 2 is 2.00 bits per heavy atom. The Morgan fingerprint density at radius 3 is 2.53 bits per heavy atom. The molecule has 0 saturated heterocycles. The summed E-state index contributed by atoms with van der Waals surface area (Å²) >= 11 is 1.50. The number of esters is 1. The topological polar surface area (TPSA) is 38.3 Å². The maximum absolute atomic E-state index is 12.8. The number of ether oxygens (including phenoxy) is 1. The quantitative estimate of drug-likeness (QED) is 0.617. The zero-order chi connectivity index (χ0) is 14.3.